The first kappa shape index (κ1) is 16.4. The van der Waals surface area contributed by atoms with Crippen LogP contribution in [0.5, 0.6) is 0 Å². The average molecular weight is 340 g/mol. The Bertz CT molecular complexity index is 1000. The number of nitrogens with zero attached hydrogens (tertiary/aromatic N) is 6. The quantitative estimate of drug-likeness (QED) is 0.642. The summed E-state index contributed by atoms with van der Waals surface area (Å²) < 4.78 is 7.56. The molecule has 25 heavy (non-hydrogen) atoms. The maximum absolute atomic E-state index is 12.7. The van der Waals surface area contributed by atoms with Crippen LogP contribution in [0.2, 0.25) is 0 Å². The molecule has 9 heteroatoms. The zero-order valence-electron chi connectivity index (χ0n) is 13.9. The lowest BCUT2D eigenvalue weighted by Gasteiger charge is -2.10. The fourth-order valence-electron chi connectivity index (χ4n) is 2.28. The van der Waals surface area contributed by atoms with Gasteiger partial charge in [-0.05, 0) is 18.2 Å². The van der Waals surface area contributed by atoms with Crippen LogP contribution >= 0.6 is 0 Å². The van der Waals surface area contributed by atoms with Crippen LogP contribution in [0.25, 0.3) is 17.0 Å². The highest BCUT2D eigenvalue weighted by atomic mass is 16.5. The second-order valence-electron chi connectivity index (χ2n) is 5.43. The van der Waals surface area contributed by atoms with Crippen molar-refractivity contribution in [3.05, 3.63) is 58.8 Å². The zero-order valence-corrected chi connectivity index (χ0v) is 13.9. The van der Waals surface area contributed by atoms with Crippen LogP contribution in [-0.2, 0) is 4.74 Å². The fraction of sp³-hybridized carbons (Fsp3) is 0.188. The van der Waals surface area contributed by atoms with Crippen molar-refractivity contribution < 1.29 is 9.53 Å². The lowest BCUT2D eigenvalue weighted by molar-refractivity contribution is 0.0600. The molecule has 0 unspecified atom stereocenters. The molecular weight excluding hydrogens is 324 g/mol. The van der Waals surface area contributed by atoms with E-state index in [9.17, 15) is 9.59 Å². The molecule has 0 atom stereocenters. The summed E-state index contributed by atoms with van der Waals surface area (Å²) in [5.41, 5.74) is 0.764. The zero-order chi connectivity index (χ0) is 18.0. The molecule has 0 aromatic carbocycles. The summed E-state index contributed by atoms with van der Waals surface area (Å²) in [7, 11) is 4.99. The second-order valence-corrected chi connectivity index (χ2v) is 5.43. The number of pyridine rings is 2. The Morgan fingerprint density at radius 1 is 1.28 bits per heavy atom. The van der Waals surface area contributed by atoms with Crippen molar-refractivity contribution in [2.45, 2.75) is 0 Å². The van der Waals surface area contributed by atoms with E-state index in [4.69, 9.17) is 4.74 Å². The van der Waals surface area contributed by atoms with Crippen LogP contribution in [0.15, 0.2) is 42.0 Å². The van der Waals surface area contributed by atoms with Gasteiger partial charge in [-0.1, -0.05) is 0 Å². The first-order valence-corrected chi connectivity index (χ1v) is 7.36. The Balaban J connectivity index is 2.25. The Morgan fingerprint density at radius 3 is 2.64 bits per heavy atom. The Kier molecular flexibility index (Phi) is 4.29. The molecule has 128 valence electrons. The molecule has 9 nitrogen and oxygen atoms in total. The molecule has 0 fully saturated rings. The third-order valence-corrected chi connectivity index (χ3v) is 3.48. The van der Waals surface area contributed by atoms with E-state index in [0.29, 0.717) is 16.6 Å². The normalized spacial score (nSPS) is 11.2. The summed E-state index contributed by atoms with van der Waals surface area (Å²) in [4.78, 5) is 31.1. The van der Waals surface area contributed by atoms with Crippen molar-refractivity contribution in [2.24, 2.45) is 0 Å². The highest BCUT2D eigenvalue weighted by molar-refractivity contribution is 5.97. The van der Waals surface area contributed by atoms with Crippen LogP contribution in [0, 0.1) is 0 Å². The highest BCUT2D eigenvalue weighted by Crippen LogP contribution is 2.16. The first-order chi connectivity index (χ1) is 12.0. The smallest absolute Gasteiger partial charge is 0.340 e. The number of carbonyl (C=O) groups is 1. The van der Waals surface area contributed by atoms with E-state index in [0.717, 1.165) is 0 Å². The van der Waals surface area contributed by atoms with Crippen LogP contribution < -0.4 is 5.56 Å². The van der Waals surface area contributed by atoms with E-state index >= 15 is 0 Å². The molecule has 0 saturated carbocycles. The van der Waals surface area contributed by atoms with E-state index < -0.39 is 5.97 Å². The van der Waals surface area contributed by atoms with Crippen molar-refractivity contribution >= 4 is 22.9 Å². The lowest BCUT2D eigenvalue weighted by Crippen LogP contribution is -2.25. The van der Waals surface area contributed by atoms with E-state index in [1.54, 1.807) is 24.5 Å². The summed E-state index contributed by atoms with van der Waals surface area (Å²) in [6.07, 6.45) is 7.82. The van der Waals surface area contributed by atoms with Crippen molar-refractivity contribution in [3.63, 3.8) is 0 Å². The van der Waals surface area contributed by atoms with Gasteiger partial charge in [0.05, 0.1) is 29.3 Å². The maximum atomic E-state index is 12.7. The van der Waals surface area contributed by atoms with Crippen molar-refractivity contribution in [3.8, 4) is 0 Å². The molecule has 0 amide bonds. The number of fused-ring (bicyclic) bond motifs is 1. The number of aromatic nitrogens is 5. The molecule has 0 aliphatic carbocycles. The lowest BCUT2D eigenvalue weighted by atomic mass is 10.1. The molecule has 3 rings (SSSR count). The molecule has 0 N–H and O–H groups in total. The van der Waals surface area contributed by atoms with Gasteiger partial charge in [0.25, 0.3) is 5.56 Å². The monoisotopic (exact) mass is 340 g/mol. The molecule has 0 saturated heterocycles. The van der Waals surface area contributed by atoms with Gasteiger partial charge < -0.3 is 9.64 Å². The van der Waals surface area contributed by atoms with E-state index in [2.05, 4.69) is 15.2 Å². The minimum atomic E-state index is -0.563. The van der Waals surface area contributed by atoms with Gasteiger partial charge in [-0.25, -0.2) is 19.1 Å². The summed E-state index contributed by atoms with van der Waals surface area (Å²) in [5, 5.41) is 7.66. The predicted molar refractivity (Wildman–Crippen MR) is 90.9 cm³/mol. The van der Waals surface area contributed by atoms with E-state index in [-0.39, 0.29) is 11.1 Å². The first-order valence-electron chi connectivity index (χ1n) is 7.36. The molecule has 0 aliphatic heterocycles. The minimum Gasteiger partial charge on any atom is -0.465 e. The summed E-state index contributed by atoms with van der Waals surface area (Å²) in [6.45, 7) is 0. The Morgan fingerprint density at radius 2 is 2.00 bits per heavy atom. The molecular formula is C16H16N6O3. The summed E-state index contributed by atoms with van der Waals surface area (Å²) in [5.74, 6) is -0.563. The minimum absolute atomic E-state index is 0.215. The largest absolute Gasteiger partial charge is 0.465 e. The Labute approximate surface area is 142 Å². The van der Waals surface area contributed by atoms with Gasteiger partial charge in [0.1, 0.15) is 12.7 Å². The van der Waals surface area contributed by atoms with Crippen molar-refractivity contribution in [2.75, 3.05) is 21.2 Å². The molecule has 0 spiro atoms. The van der Waals surface area contributed by atoms with Crippen LogP contribution in [-0.4, -0.2) is 56.6 Å². The maximum Gasteiger partial charge on any atom is 0.340 e. The summed E-state index contributed by atoms with van der Waals surface area (Å²) in [6, 6.07) is 3.18. The van der Waals surface area contributed by atoms with Crippen LogP contribution in [0.1, 0.15) is 16.1 Å². The fourth-order valence-corrected chi connectivity index (χ4v) is 2.28. The van der Waals surface area contributed by atoms with Crippen LogP contribution in [0.4, 0.5) is 0 Å². The highest BCUT2D eigenvalue weighted by Gasteiger charge is 2.16. The molecule has 3 heterocycles. The van der Waals surface area contributed by atoms with Gasteiger partial charge in [-0.3, -0.25) is 4.79 Å². The summed E-state index contributed by atoms with van der Waals surface area (Å²) >= 11 is 0. The van der Waals surface area contributed by atoms with Crippen molar-refractivity contribution in [1.82, 2.24) is 29.4 Å². The van der Waals surface area contributed by atoms with Gasteiger partial charge in [0.2, 0.25) is 0 Å². The SMILES string of the molecule is COC(=O)c1cc2c(=O)n(-n3cnnc3)ccc2nc1C=CN(C)C. The third-order valence-electron chi connectivity index (χ3n) is 3.48. The number of esters is 1. The van der Waals surface area contributed by atoms with E-state index in [1.165, 1.54) is 35.2 Å². The van der Waals surface area contributed by atoms with Gasteiger partial charge in [-0.2, -0.15) is 0 Å². The molecule has 3 aromatic rings. The number of ether oxygens (including phenoxy) is 1. The van der Waals surface area contributed by atoms with Gasteiger partial charge in [0.15, 0.2) is 0 Å². The molecule has 0 radical (unpaired) electrons. The Hall–Kier alpha value is -3.49. The predicted octanol–water partition coefficient (Wildman–Crippen LogP) is 0.618. The van der Waals surface area contributed by atoms with Gasteiger partial charge in [0, 0.05) is 26.5 Å². The molecule has 0 bridgehead atoms. The van der Waals surface area contributed by atoms with Gasteiger partial charge >= 0.3 is 5.97 Å². The third kappa shape index (κ3) is 3.11. The average Bonchev–Trinajstić information content (AvgIpc) is 3.13. The number of carbonyl (C=O) groups excluding carboxylic acids is 1. The number of methoxy groups -OCH3 is 1. The van der Waals surface area contributed by atoms with E-state index in [1.807, 2.05) is 19.0 Å². The second kappa shape index (κ2) is 6.56. The number of rotatable bonds is 4. The van der Waals surface area contributed by atoms with Gasteiger partial charge in [-0.15, -0.1) is 10.2 Å². The number of hydrogen-bond acceptors (Lipinski definition) is 7. The molecule has 0 aliphatic rings. The standard InChI is InChI=1S/C16H16N6O3/c1-20(2)6-4-14-12(16(24)25-3)8-11-13(19-14)5-7-22(15(11)23)21-9-17-18-10-21/h4-10H,1-3H3. The topological polar surface area (TPSA) is 95.1 Å². The number of hydrogen-bond donors (Lipinski definition) is 0. The molecule has 3 aromatic heterocycles. The van der Waals surface area contributed by atoms with Crippen LogP contribution in [0.3, 0.4) is 0 Å². The van der Waals surface area contributed by atoms with Crippen molar-refractivity contribution in [1.29, 1.82) is 0 Å².